The van der Waals surface area contributed by atoms with Crippen molar-refractivity contribution in [3.63, 3.8) is 0 Å². The Morgan fingerprint density at radius 2 is 1.96 bits per heavy atom. The number of nitrogens with one attached hydrogen (secondary N) is 1. The molecule has 126 valence electrons. The smallest absolute Gasteiger partial charge is 0.0486 e. The second kappa shape index (κ2) is 8.44. The van der Waals surface area contributed by atoms with E-state index in [-0.39, 0.29) is 5.41 Å². The summed E-state index contributed by atoms with van der Waals surface area (Å²) in [5.41, 5.74) is 4.96. The molecule has 0 radical (unpaired) electrons. The van der Waals surface area contributed by atoms with Crippen LogP contribution in [0, 0.1) is 5.41 Å². The molecule has 0 amide bonds. The van der Waals surface area contributed by atoms with E-state index >= 15 is 0 Å². The van der Waals surface area contributed by atoms with Crippen LogP contribution in [0.3, 0.4) is 0 Å². The van der Waals surface area contributed by atoms with E-state index in [1.807, 2.05) is 17.8 Å². The molecule has 2 heteroatoms. The number of allylic oxidation sites excluding steroid dienone is 3. The highest BCUT2D eigenvalue weighted by atomic mass is 32.2. The molecule has 0 unspecified atom stereocenters. The largest absolute Gasteiger partial charge is 0.382 e. The van der Waals surface area contributed by atoms with Crippen LogP contribution < -0.4 is 5.32 Å². The van der Waals surface area contributed by atoms with Gasteiger partial charge in [0, 0.05) is 22.4 Å². The molecular formula is C21H31NS. The second-order valence-corrected chi connectivity index (χ2v) is 8.05. The summed E-state index contributed by atoms with van der Waals surface area (Å²) in [6.07, 6.45) is 4.08. The highest BCUT2D eigenvalue weighted by Crippen LogP contribution is 2.38. The first-order valence-electron chi connectivity index (χ1n) is 8.20. The van der Waals surface area contributed by atoms with Crippen molar-refractivity contribution in [2.45, 2.75) is 52.5 Å². The van der Waals surface area contributed by atoms with E-state index in [2.05, 4.69) is 84.3 Å². The Kier molecular flexibility index (Phi) is 7.21. The zero-order valence-corrected chi connectivity index (χ0v) is 16.3. The summed E-state index contributed by atoms with van der Waals surface area (Å²) in [6, 6.07) is 6.75. The van der Waals surface area contributed by atoms with Crippen molar-refractivity contribution in [1.82, 2.24) is 0 Å². The summed E-state index contributed by atoms with van der Waals surface area (Å²) in [4.78, 5) is 1.26. The molecule has 0 saturated carbocycles. The van der Waals surface area contributed by atoms with Crippen molar-refractivity contribution in [3.8, 4) is 0 Å². The molecule has 0 atom stereocenters. The van der Waals surface area contributed by atoms with Crippen LogP contribution >= 0.6 is 11.8 Å². The minimum Gasteiger partial charge on any atom is -0.382 e. The van der Waals surface area contributed by atoms with Crippen LogP contribution in [0.25, 0.3) is 5.57 Å². The number of anilines is 1. The van der Waals surface area contributed by atoms with E-state index in [1.54, 1.807) is 0 Å². The zero-order valence-electron chi connectivity index (χ0n) is 15.5. The monoisotopic (exact) mass is 329 g/mol. The lowest BCUT2D eigenvalue weighted by molar-refractivity contribution is 0.505. The van der Waals surface area contributed by atoms with E-state index in [4.69, 9.17) is 0 Å². The molecule has 0 aliphatic heterocycles. The Morgan fingerprint density at radius 3 is 2.43 bits per heavy atom. The first-order chi connectivity index (χ1) is 10.7. The third-order valence-electron chi connectivity index (χ3n) is 3.74. The summed E-state index contributed by atoms with van der Waals surface area (Å²) < 4.78 is 0. The van der Waals surface area contributed by atoms with Gasteiger partial charge in [-0.15, -0.1) is 11.8 Å². The van der Waals surface area contributed by atoms with Crippen molar-refractivity contribution in [2.24, 2.45) is 5.41 Å². The van der Waals surface area contributed by atoms with Crippen LogP contribution in [0.5, 0.6) is 0 Å². The molecule has 0 fully saturated rings. The van der Waals surface area contributed by atoms with Gasteiger partial charge in [-0.25, -0.2) is 0 Å². The maximum absolute atomic E-state index is 4.15. The number of benzene rings is 1. The standard InChI is InChI=1S/C21H31NS/c1-9-16(5)18-12-11-13-19(22-15(3)4)20(18)23-14-17(10-2)21(6,7)8/h9-13,15,22H,1,5,14H2,2-4,6-8H3/b17-10+. The lowest BCUT2D eigenvalue weighted by Gasteiger charge is -2.24. The van der Waals surface area contributed by atoms with E-state index in [1.165, 1.54) is 21.7 Å². The van der Waals surface area contributed by atoms with Gasteiger partial charge in [-0.05, 0) is 43.4 Å². The Morgan fingerprint density at radius 1 is 1.30 bits per heavy atom. The molecule has 1 rings (SSSR count). The highest BCUT2D eigenvalue weighted by molar-refractivity contribution is 7.99. The lowest BCUT2D eigenvalue weighted by Crippen LogP contribution is -2.13. The first kappa shape index (κ1) is 19.6. The number of thioether (sulfide) groups is 1. The quantitative estimate of drug-likeness (QED) is 0.336. The summed E-state index contributed by atoms with van der Waals surface area (Å²) in [5, 5.41) is 3.56. The van der Waals surface area contributed by atoms with Gasteiger partial charge in [-0.3, -0.25) is 0 Å². The molecule has 0 saturated heterocycles. The molecule has 23 heavy (non-hydrogen) atoms. The fourth-order valence-electron chi connectivity index (χ4n) is 2.36. The molecule has 0 bridgehead atoms. The third-order valence-corrected chi connectivity index (χ3v) is 4.92. The molecule has 0 aliphatic carbocycles. The summed E-state index contributed by atoms with van der Waals surface area (Å²) in [7, 11) is 0. The second-order valence-electron chi connectivity index (χ2n) is 7.06. The summed E-state index contributed by atoms with van der Waals surface area (Å²) in [5.74, 6) is 0.980. The summed E-state index contributed by atoms with van der Waals surface area (Å²) in [6.45, 7) is 21.3. The molecule has 1 nitrogen and oxygen atoms in total. The van der Waals surface area contributed by atoms with Crippen LogP contribution in [-0.2, 0) is 0 Å². The molecule has 1 aromatic rings. The normalized spacial score (nSPS) is 12.4. The highest BCUT2D eigenvalue weighted by Gasteiger charge is 2.18. The first-order valence-corrected chi connectivity index (χ1v) is 9.19. The van der Waals surface area contributed by atoms with Crippen molar-refractivity contribution < 1.29 is 0 Å². The van der Waals surface area contributed by atoms with Gasteiger partial charge in [0.05, 0.1) is 0 Å². The number of hydrogen-bond acceptors (Lipinski definition) is 2. The number of rotatable bonds is 7. The topological polar surface area (TPSA) is 12.0 Å². The molecule has 0 spiro atoms. The Bertz CT molecular complexity index is 588. The van der Waals surface area contributed by atoms with Gasteiger partial charge in [0.25, 0.3) is 0 Å². The lowest BCUT2D eigenvalue weighted by atomic mass is 9.87. The van der Waals surface area contributed by atoms with Gasteiger partial charge in [0.2, 0.25) is 0 Å². The van der Waals surface area contributed by atoms with E-state index in [0.717, 1.165) is 11.3 Å². The molecular weight excluding hydrogens is 298 g/mol. The Labute approximate surface area is 147 Å². The van der Waals surface area contributed by atoms with Gasteiger partial charge in [-0.1, -0.05) is 63.8 Å². The van der Waals surface area contributed by atoms with Crippen LogP contribution in [0.15, 0.2) is 54.0 Å². The van der Waals surface area contributed by atoms with Crippen LogP contribution in [0.2, 0.25) is 0 Å². The fraction of sp³-hybridized carbons (Fsp3) is 0.429. The average Bonchev–Trinajstić information content (AvgIpc) is 2.46. The van der Waals surface area contributed by atoms with Crippen molar-refractivity contribution in [1.29, 1.82) is 0 Å². The Balaban J connectivity index is 3.20. The molecule has 0 aliphatic rings. The van der Waals surface area contributed by atoms with Crippen molar-refractivity contribution >= 4 is 23.0 Å². The van der Waals surface area contributed by atoms with Gasteiger partial charge in [0.1, 0.15) is 0 Å². The third kappa shape index (κ3) is 5.62. The molecule has 1 aromatic carbocycles. The predicted molar refractivity (Wildman–Crippen MR) is 108 cm³/mol. The van der Waals surface area contributed by atoms with E-state index in [9.17, 15) is 0 Å². The van der Waals surface area contributed by atoms with Gasteiger partial charge < -0.3 is 5.32 Å². The Hall–Kier alpha value is -1.41. The fourth-order valence-corrected chi connectivity index (χ4v) is 3.90. The molecule has 0 aromatic heterocycles. The van der Waals surface area contributed by atoms with E-state index in [0.29, 0.717) is 6.04 Å². The van der Waals surface area contributed by atoms with Crippen LogP contribution in [0.1, 0.15) is 47.1 Å². The van der Waals surface area contributed by atoms with Gasteiger partial charge in [0.15, 0.2) is 0 Å². The van der Waals surface area contributed by atoms with E-state index < -0.39 is 0 Å². The van der Waals surface area contributed by atoms with Gasteiger partial charge in [-0.2, -0.15) is 0 Å². The maximum atomic E-state index is 4.15. The van der Waals surface area contributed by atoms with Crippen molar-refractivity contribution in [3.05, 3.63) is 54.6 Å². The minimum atomic E-state index is 0.192. The predicted octanol–water partition coefficient (Wildman–Crippen LogP) is 6.79. The SMILES string of the molecule is C=CC(=C)c1cccc(NC(C)C)c1SC/C(=C\C)C(C)(C)C. The summed E-state index contributed by atoms with van der Waals surface area (Å²) >= 11 is 1.88. The van der Waals surface area contributed by atoms with Gasteiger partial charge >= 0.3 is 0 Å². The molecule has 1 N–H and O–H groups in total. The minimum absolute atomic E-state index is 0.192. The average molecular weight is 330 g/mol. The van der Waals surface area contributed by atoms with Crippen LogP contribution in [-0.4, -0.2) is 11.8 Å². The molecule has 0 heterocycles. The maximum Gasteiger partial charge on any atom is 0.0486 e. The number of hydrogen-bond donors (Lipinski definition) is 1. The zero-order chi connectivity index (χ0) is 17.6. The van der Waals surface area contributed by atoms with Crippen molar-refractivity contribution in [2.75, 3.05) is 11.1 Å². The van der Waals surface area contributed by atoms with Crippen LogP contribution in [0.4, 0.5) is 5.69 Å².